The van der Waals surface area contributed by atoms with Gasteiger partial charge in [0.2, 0.25) is 11.8 Å². The van der Waals surface area contributed by atoms with Crippen molar-refractivity contribution in [3.63, 3.8) is 0 Å². The number of hydrogen-bond acceptors (Lipinski definition) is 3. The highest BCUT2D eigenvalue weighted by Gasteiger charge is 2.31. The minimum absolute atomic E-state index is 0.188. The Morgan fingerprint density at radius 3 is 2.17 bits per heavy atom. The number of nitrogens with zero attached hydrogens (tertiary/aromatic N) is 3. The highest BCUT2D eigenvalue weighted by Crippen LogP contribution is 2.23. The SMILES string of the molecule is CC1CCCCN1C(=O)CN1CCC(C(=O)N2CCCC2)CC1. The van der Waals surface area contributed by atoms with E-state index in [-0.39, 0.29) is 11.8 Å². The molecule has 5 nitrogen and oxygen atoms in total. The van der Waals surface area contributed by atoms with Crippen LogP contribution >= 0.6 is 0 Å². The number of likely N-dealkylation sites (tertiary alicyclic amines) is 3. The second kappa shape index (κ2) is 7.65. The van der Waals surface area contributed by atoms with Crippen molar-refractivity contribution in [2.24, 2.45) is 5.92 Å². The molecule has 3 fully saturated rings. The van der Waals surface area contributed by atoms with Gasteiger partial charge >= 0.3 is 0 Å². The van der Waals surface area contributed by atoms with E-state index >= 15 is 0 Å². The molecule has 0 bridgehead atoms. The first-order valence-corrected chi connectivity index (χ1v) is 9.46. The third kappa shape index (κ3) is 4.06. The van der Waals surface area contributed by atoms with Gasteiger partial charge in [-0.15, -0.1) is 0 Å². The van der Waals surface area contributed by atoms with Crippen molar-refractivity contribution in [2.75, 3.05) is 39.3 Å². The van der Waals surface area contributed by atoms with Crippen molar-refractivity contribution < 1.29 is 9.59 Å². The normalized spacial score (nSPS) is 27.4. The molecule has 0 aliphatic carbocycles. The van der Waals surface area contributed by atoms with E-state index in [1.54, 1.807) is 0 Å². The first-order chi connectivity index (χ1) is 11.1. The van der Waals surface area contributed by atoms with Crippen LogP contribution in [0.25, 0.3) is 0 Å². The van der Waals surface area contributed by atoms with Gasteiger partial charge in [0.1, 0.15) is 0 Å². The number of rotatable bonds is 3. The Labute approximate surface area is 140 Å². The summed E-state index contributed by atoms with van der Waals surface area (Å²) in [5.74, 6) is 0.827. The fourth-order valence-electron chi connectivity index (χ4n) is 4.28. The molecule has 0 spiro atoms. The minimum atomic E-state index is 0.188. The molecule has 0 saturated carbocycles. The summed E-state index contributed by atoms with van der Waals surface area (Å²) in [7, 11) is 0. The molecule has 2 amide bonds. The number of carbonyl (C=O) groups excluding carboxylic acids is 2. The maximum absolute atomic E-state index is 12.5. The number of piperidine rings is 2. The average Bonchev–Trinajstić information content (AvgIpc) is 3.09. The average molecular weight is 321 g/mol. The summed E-state index contributed by atoms with van der Waals surface area (Å²) in [6.45, 7) is 7.29. The number of hydrogen-bond donors (Lipinski definition) is 0. The molecule has 0 aromatic carbocycles. The van der Waals surface area contributed by atoms with Crippen molar-refractivity contribution in [1.82, 2.24) is 14.7 Å². The molecule has 1 atom stereocenters. The highest BCUT2D eigenvalue weighted by molar-refractivity contribution is 5.80. The molecule has 0 N–H and O–H groups in total. The Balaban J connectivity index is 1.43. The lowest BCUT2D eigenvalue weighted by Gasteiger charge is -2.37. The Morgan fingerprint density at radius 1 is 0.870 bits per heavy atom. The van der Waals surface area contributed by atoms with E-state index in [1.807, 2.05) is 4.90 Å². The van der Waals surface area contributed by atoms with Crippen molar-refractivity contribution >= 4 is 11.8 Å². The zero-order valence-electron chi connectivity index (χ0n) is 14.5. The van der Waals surface area contributed by atoms with E-state index < -0.39 is 0 Å². The second-order valence-electron chi connectivity index (χ2n) is 7.51. The van der Waals surface area contributed by atoms with Gasteiger partial charge in [0.25, 0.3) is 0 Å². The zero-order valence-corrected chi connectivity index (χ0v) is 14.5. The van der Waals surface area contributed by atoms with Gasteiger partial charge in [-0.25, -0.2) is 0 Å². The lowest BCUT2D eigenvalue weighted by atomic mass is 9.95. The van der Waals surface area contributed by atoms with Gasteiger partial charge in [-0.3, -0.25) is 14.5 Å². The fraction of sp³-hybridized carbons (Fsp3) is 0.889. The van der Waals surface area contributed by atoms with Gasteiger partial charge in [0.05, 0.1) is 6.54 Å². The van der Waals surface area contributed by atoms with Gasteiger partial charge in [-0.1, -0.05) is 0 Å². The van der Waals surface area contributed by atoms with Crippen molar-refractivity contribution in [3.05, 3.63) is 0 Å². The topological polar surface area (TPSA) is 43.9 Å². The molecule has 0 radical (unpaired) electrons. The maximum Gasteiger partial charge on any atom is 0.236 e. The van der Waals surface area contributed by atoms with Crippen molar-refractivity contribution in [1.29, 1.82) is 0 Å². The molecule has 3 heterocycles. The Morgan fingerprint density at radius 2 is 1.52 bits per heavy atom. The molecule has 3 aliphatic heterocycles. The van der Waals surface area contributed by atoms with Crippen LogP contribution in [0.2, 0.25) is 0 Å². The van der Waals surface area contributed by atoms with Gasteiger partial charge in [-0.05, 0) is 65.0 Å². The molecular formula is C18H31N3O2. The van der Waals surface area contributed by atoms with Crippen LogP contribution < -0.4 is 0 Å². The predicted molar refractivity (Wildman–Crippen MR) is 90.0 cm³/mol. The van der Waals surface area contributed by atoms with Crippen LogP contribution in [0.4, 0.5) is 0 Å². The number of amides is 2. The lowest BCUT2D eigenvalue weighted by molar-refractivity contribution is -0.137. The van der Waals surface area contributed by atoms with Crippen LogP contribution in [0, 0.1) is 5.92 Å². The zero-order chi connectivity index (χ0) is 16.2. The monoisotopic (exact) mass is 321 g/mol. The third-order valence-electron chi connectivity index (χ3n) is 5.84. The van der Waals surface area contributed by atoms with Crippen LogP contribution in [0.1, 0.15) is 51.9 Å². The standard InChI is InChI=1S/C18H31N3O2/c1-15-6-2-3-11-21(15)17(22)14-19-12-7-16(8-13-19)18(23)20-9-4-5-10-20/h15-16H,2-14H2,1H3. The van der Waals surface area contributed by atoms with Crippen molar-refractivity contribution in [2.45, 2.75) is 57.9 Å². The van der Waals surface area contributed by atoms with E-state index in [4.69, 9.17) is 0 Å². The van der Waals surface area contributed by atoms with Crippen LogP contribution in [0.15, 0.2) is 0 Å². The second-order valence-corrected chi connectivity index (χ2v) is 7.51. The highest BCUT2D eigenvalue weighted by atomic mass is 16.2. The van der Waals surface area contributed by atoms with Crippen LogP contribution in [-0.4, -0.2) is 71.8 Å². The lowest BCUT2D eigenvalue weighted by Crippen LogP contribution is -2.49. The molecular weight excluding hydrogens is 290 g/mol. The van der Waals surface area contributed by atoms with Crippen LogP contribution in [-0.2, 0) is 9.59 Å². The maximum atomic E-state index is 12.5. The Kier molecular flexibility index (Phi) is 5.57. The van der Waals surface area contributed by atoms with Gasteiger partial charge in [0.15, 0.2) is 0 Å². The molecule has 3 saturated heterocycles. The van der Waals surface area contributed by atoms with Gasteiger partial charge in [-0.2, -0.15) is 0 Å². The first kappa shape index (κ1) is 16.7. The first-order valence-electron chi connectivity index (χ1n) is 9.46. The van der Waals surface area contributed by atoms with Crippen LogP contribution in [0.3, 0.4) is 0 Å². The number of carbonyl (C=O) groups is 2. The largest absolute Gasteiger partial charge is 0.342 e. The molecule has 3 aliphatic rings. The fourth-order valence-corrected chi connectivity index (χ4v) is 4.28. The molecule has 1 unspecified atom stereocenters. The molecule has 5 heteroatoms. The summed E-state index contributed by atoms with van der Waals surface area (Å²) in [6, 6.07) is 0.394. The summed E-state index contributed by atoms with van der Waals surface area (Å²) in [6.07, 6.45) is 7.67. The van der Waals surface area contributed by atoms with E-state index in [2.05, 4.69) is 16.7 Å². The summed E-state index contributed by atoms with van der Waals surface area (Å²) >= 11 is 0. The minimum Gasteiger partial charge on any atom is -0.342 e. The smallest absolute Gasteiger partial charge is 0.236 e. The molecule has 23 heavy (non-hydrogen) atoms. The molecule has 0 aromatic rings. The Bertz CT molecular complexity index is 426. The molecule has 130 valence electrons. The quantitative estimate of drug-likeness (QED) is 0.795. The van der Waals surface area contributed by atoms with Gasteiger partial charge in [0, 0.05) is 31.6 Å². The van der Waals surface area contributed by atoms with Gasteiger partial charge < -0.3 is 9.80 Å². The Hall–Kier alpha value is -1.10. The van der Waals surface area contributed by atoms with Crippen LogP contribution in [0.5, 0.6) is 0 Å². The van der Waals surface area contributed by atoms with E-state index in [0.717, 1.165) is 71.2 Å². The predicted octanol–water partition coefficient (Wildman–Crippen LogP) is 1.72. The summed E-state index contributed by atoms with van der Waals surface area (Å²) < 4.78 is 0. The summed E-state index contributed by atoms with van der Waals surface area (Å²) in [5, 5.41) is 0. The summed E-state index contributed by atoms with van der Waals surface area (Å²) in [4.78, 5) is 31.3. The van der Waals surface area contributed by atoms with E-state index in [0.29, 0.717) is 18.5 Å². The van der Waals surface area contributed by atoms with E-state index in [1.165, 1.54) is 6.42 Å². The molecule has 0 aromatic heterocycles. The van der Waals surface area contributed by atoms with E-state index in [9.17, 15) is 9.59 Å². The van der Waals surface area contributed by atoms with Crippen molar-refractivity contribution in [3.8, 4) is 0 Å². The third-order valence-corrected chi connectivity index (χ3v) is 5.84. The molecule has 3 rings (SSSR count). The summed E-state index contributed by atoms with van der Waals surface area (Å²) in [5.41, 5.74) is 0.